The Balaban J connectivity index is 0.000000150. The van der Waals surface area contributed by atoms with E-state index in [2.05, 4.69) is 224 Å². The van der Waals surface area contributed by atoms with Crippen molar-refractivity contribution in [3.63, 3.8) is 0 Å². The van der Waals surface area contributed by atoms with Crippen molar-refractivity contribution in [2.24, 2.45) is 0 Å². The van der Waals surface area contributed by atoms with Crippen LogP contribution in [0.15, 0.2) is 359 Å². The number of aromatic nitrogens is 4. The molecule has 10 nitrogen and oxygen atoms in total. The van der Waals surface area contributed by atoms with Gasteiger partial charge in [0.1, 0.15) is 44.7 Å². The van der Waals surface area contributed by atoms with E-state index in [9.17, 15) is 10.0 Å². The summed E-state index contributed by atoms with van der Waals surface area (Å²) in [5.74, 6) is 1.35. The third-order valence-corrected chi connectivity index (χ3v) is 20.4. The lowest BCUT2D eigenvalue weighted by Gasteiger charge is -2.14. The number of nitrogens with zero attached hydrogens (tertiary/aromatic N) is 4. The predicted molar refractivity (Wildman–Crippen MR) is 441 cm³/mol. The number of benzene rings is 14. The number of hydrogen-bond donors (Lipinski definition) is 2. The van der Waals surface area contributed by atoms with E-state index in [1.165, 1.54) is 0 Å². The van der Waals surface area contributed by atoms with Gasteiger partial charge in [-0.1, -0.05) is 284 Å². The van der Waals surface area contributed by atoms with Crippen LogP contribution in [0.3, 0.4) is 0 Å². The molecule has 6 heterocycles. The molecule has 0 atom stereocenters. The molecular formula is C92H56BBr3N4O6. The molecule has 0 spiro atoms. The van der Waals surface area contributed by atoms with Gasteiger partial charge in [-0.2, -0.15) is 0 Å². The third-order valence-electron chi connectivity index (χ3n) is 19.0. The third kappa shape index (κ3) is 12.8. The Hall–Kier alpha value is -12.1. The topological polar surface area (TPSA) is 145 Å². The lowest BCUT2D eigenvalue weighted by atomic mass is 9.79. The van der Waals surface area contributed by atoms with E-state index in [4.69, 9.17) is 37.6 Å². The zero-order valence-electron chi connectivity index (χ0n) is 56.2. The quantitative estimate of drug-likeness (QED) is 0.127. The first-order valence-electron chi connectivity index (χ1n) is 34.4. The first-order chi connectivity index (χ1) is 52.0. The smallest absolute Gasteiger partial charge is 0.456 e. The lowest BCUT2D eigenvalue weighted by molar-refractivity contribution is 0.425. The Morgan fingerprint density at radius 2 is 0.528 bits per heavy atom. The van der Waals surface area contributed by atoms with Crippen molar-refractivity contribution >= 4 is 148 Å². The van der Waals surface area contributed by atoms with Crippen molar-refractivity contribution in [3.8, 4) is 101 Å². The summed E-state index contributed by atoms with van der Waals surface area (Å²) in [6, 6.07) is 111. The van der Waals surface area contributed by atoms with Gasteiger partial charge in [-0.15, -0.1) is 0 Å². The van der Waals surface area contributed by atoms with Crippen LogP contribution in [-0.4, -0.2) is 37.1 Å². The first kappa shape index (κ1) is 65.9. The number of fused-ring (bicyclic) bond motifs is 12. The fraction of sp³-hybridized carbons (Fsp3) is 0. The van der Waals surface area contributed by atoms with Crippen LogP contribution in [0, 0.1) is 0 Å². The summed E-state index contributed by atoms with van der Waals surface area (Å²) in [6.07, 6.45) is 0. The average molecular weight is 1560 g/mol. The molecule has 0 aliphatic heterocycles. The molecule has 14 heteroatoms. The Labute approximate surface area is 633 Å². The SMILES string of the molecule is Brc1cccc(-c2cc(-c3cc(Br)cc(Br)c3)nc(-c3ccccc3)n2)c1.OB(O)c1cccc2c1oc1ccccc12.c1ccc(-c2nc(-c3cccc(-c4cccc5c4oc4ccccc45)c3)cc(-c3cc(-c4cccc5c4oc4ccccc45)cc(-c4cccc5c4oc4ccccc45)c3)n2)cc1. The predicted octanol–water partition coefficient (Wildman–Crippen LogP) is 25.2. The zero-order chi connectivity index (χ0) is 71.4. The van der Waals surface area contributed by atoms with Crippen LogP contribution in [0.1, 0.15) is 0 Å². The molecule has 20 aromatic rings. The van der Waals surface area contributed by atoms with Crippen molar-refractivity contribution in [2.75, 3.05) is 0 Å². The molecular weight excluding hydrogens is 1510 g/mol. The van der Waals surface area contributed by atoms with Gasteiger partial charge >= 0.3 is 7.12 Å². The normalized spacial score (nSPS) is 11.4. The van der Waals surface area contributed by atoms with Gasteiger partial charge in [0.25, 0.3) is 0 Å². The summed E-state index contributed by atoms with van der Waals surface area (Å²) in [6.45, 7) is 0. The van der Waals surface area contributed by atoms with Crippen LogP contribution in [0.4, 0.5) is 0 Å². The summed E-state index contributed by atoms with van der Waals surface area (Å²) in [7, 11) is -1.51. The Kier molecular flexibility index (Phi) is 17.5. The highest BCUT2D eigenvalue weighted by atomic mass is 79.9. The molecule has 504 valence electrons. The molecule has 2 N–H and O–H groups in total. The minimum Gasteiger partial charge on any atom is -0.456 e. The van der Waals surface area contributed by atoms with Gasteiger partial charge in [0.2, 0.25) is 0 Å². The van der Waals surface area contributed by atoms with Gasteiger partial charge in [-0.3, -0.25) is 0 Å². The zero-order valence-corrected chi connectivity index (χ0v) is 61.0. The second-order valence-electron chi connectivity index (χ2n) is 25.7. The van der Waals surface area contributed by atoms with Crippen LogP contribution in [0.5, 0.6) is 0 Å². The first-order valence-corrected chi connectivity index (χ1v) is 36.8. The highest BCUT2D eigenvalue weighted by Gasteiger charge is 2.23. The maximum absolute atomic E-state index is 9.24. The molecule has 106 heavy (non-hydrogen) atoms. The monoisotopic (exact) mass is 1560 g/mol. The highest BCUT2D eigenvalue weighted by molar-refractivity contribution is 9.11. The van der Waals surface area contributed by atoms with E-state index < -0.39 is 7.12 Å². The van der Waals surface area contributed by atoms with E-state index in [-0.39, 0.29) is 0 Å². The summed E-state index contributed by atoms with van der Waals surface area (Å²) in [5, 5.41) is 26.9. The average Bonchev–Trinajstić information content (AvgIpc) is 1.56. The van der Waals surface area contributed by atoms with Crippen LogP contribution >= 0.6 is 47.8 Å². The fourth-order valence-electron chi connectivity index (χ4n) is 14.1. The van der Waals surface area contributed by atoms with Crippen molar-refractivity contribution < 1.29 is 27.7 Å². The molecule has 0 saturated carbocycles. The highest BCUT2D eigenvalue weighted by Crippen LogP contribution is 2.44. The number of para-hydroxylation sites is 8. The molecule has 6 aromatic heterocycles. The van der Waals surface area contributed by atoms with Gasteiger partial charge in [-0.25, -0.2) is 19.9 Å². The summed E-state index contributed by atoms with van der Waals surface area (Å²) >= 11 is 10.7. The van der Waals surface area contributed by atoms with Crippen LogP contribution in [0.25, 0.3) is 189 Å². The maximum atomic E-state index is 9.24. The molecule has 0 radical (unpaired) electrons. The number of rotatable bonds is 10. The molecule has 0 aliphatic carbocycles. The van der Waals surface area contributed by atoms with Gasteiger partial charge in [0, 0.05) is 112 Å². The minimum absolute atomic E-state index is 0.397. The van der Waals surface area contributed by atoms with Gasteiger partial charge in [0.05, 0.1) is 22.8 Å². The number of furan rings is 4. The Bertz CT molecular complexity index is 6620. The molecule has 0 bridgehead atoms. The molecule has 0 aliphatic rings. The maximum Gasteiger partial charge on any atom is 0.492 e. The van der Waals surface area contributed by atoms with E-state index in [0.717, 1.165) is 185 Å². The van der Waals surface area contributed by atoms with Gasteiger partial charge in [-0.05, 0) is 108 Å². The van der Waals surface area contributed by atoms with E-state index in [0.29, 0.717) is 22.7 Å². The fourth-order valence-corrected chi connectivity index (χ4v) is 15.8. The van der Waals surface area contributed by atoms with Crippen molar-refractivity contribution in [2.45, 2.75) is 0 Å². The van der Waals surface area contributed by atoms with Crippen LogP contribution in [0.2, 0.25) is 0 Å². The summed E-state index contributed by atoms with van der Waals surface area (Å²) < 4.78 is 28.4. The lowest BCUT2D eigenvalue weighted by Crippen LogP contribution is -2.29. The van der Waals surface area contributed by atoms with Gasteiger partial charge < -0.3 is 27.7 Å². The minimum atomic E-state index is -1.51. The van der Waals surface area contributed by atoms with Crippen LogP contribution in [-0.2, 0) is 0 Å². The second kappa shape index (κ2) is 28.1. The molecule has 0 saturated heterocycles. The number of halogens is 3. The molecule has 14 aromatic carbocycles. The number of hydrogen-bond acceptors (Lipinski definition) is 10. The Morgan fingerprint density at radius 1 is 0.226 bits per heavy atom. The van der Waals surface area contributed by atoms with Gasteiger partial charge in [0.15, 0.2) is 11.6 Å². The molecule has 0 unspecified atom stereocenters. The molecule has 0 fully saturated rings. The summed E-state index contributed by atoms with van der Waals surface area (Å²) in [5.41, 5.74) is 22.1. The molecule has 20 rings (SSSR count). The van der Waals surface area contributed by atoms with E-state index >= 15 is 0 Å². The second-order valence-corrected chi connectivity index (χ2v) is 28.5. The van der Waals surface area contributed by atoms with Crippen molar-refractivity contribution in [1.29, 1.82) is 0 Å². The van der Waals surface area contributed by atoms with E-state index in [1.54, 1.807) is 12.1 Å². The van der Waals surface area contributed by atoms with Crippen LogP contribution < -0.4 is 5.46 Å². The Morgan fingerprint density at radius 3 is 0.972 bits per heavy atom. The van der Waals surface area contributed by atoms with Crippen molar-refractivity contribution in [1.82, 2.24) is 19.9 Å². The summed E-state index contributed by atoms with van der Waals surface area (Å²) in [4.78, 5) is 20.3. The largest absolute Gasteiger partial charge is 0.492 e. The van der Waals surface area contributed by atoms with E-state index in [1.807, 2.05) is 140 Å². The molecule has 0 amide bonds. The standard InChI is InChI=1S/C58H34N2O3.C22H13Br3N2.C12H9BO3/c1-2-14-35(15-3-1)58-59-50(37-17-10-16-36(30-37)41-21-11-24-47-44-18-4-7-27-52(44)61-55(41)47)34-51(60-58)40-32-38(42-22-12-25-48-45-19-5-8-28-53(45)62-56(42)48)31-39(33-40)43-23-13-26-49-46-20-6-9-29-54(46)63-57(43)49;23-17-8-4-7-15(9-17)20-13-21(16-10-18(24)12-19(25)11-16)27-22(26-20)14-5-2-1-3-6-14;14-13(15)10-6-3-5-9-8-4-1-2-7-11(8)16-12(9)10/h1-34H;1-13H;1-7,14-15H. The van der Waals surface area contributed by atoms with Crippen molar-refractivity contribution in [3.05, 3.63) is 341 Å².